The van der Waals surface area contributed by atoms with E-state index >= 15 is 0 Å². The number of carbonyl (C=O) groups is 3. The number of likely N-dealkylation sites (tertiary alicyclic amines) is 1. The van der Waals surface area contributed by atoms with Gasteiger partial charge in [0, 0.05) is 58.8 Å². The molecule has 1 heterocycles. The van der Waals surface area contributed by atoms with E-state index in [1.165, 1.54) is 103 Å². The van der Waals surface area contributed by atoms with Gasteiger partial charge in [-0.15, -0.1) is 0 Å². The lowest BCUT2D eigenvalue weighted by molar-refractivity contribution is -0.154. The lowest BCUT2D eigenvalue weighted by Gasteiger charge is -2.32. The number of hydrogen-bond donors (Lipinski definition) is 0. The van der Waals surface area contributed by atoms with Crippen LogP contribution in [0.2, 0.25) is 0 Å². The first kappa shape index (κ1) is 73.1. The number of rotatable bonds is 56. The summed E-state index contributed by atoms with van der Waals surface area (Å²) in [6.07, 6.45) is 34.9. The van der Waals surface area contributed by atoms with Crippen molar-refractivity contribution in [1.29, 1.82) is 0 Å². The summed E-state index contributed by atoms with van der Waals surface area (Å²) < 4.78 is 48.7. The van der Waals surface area contributed by atoms with Crippen molar-refractivity contribution in [2.45, 2.75) is 305 Å². The minimum Gasteiger partial charge on any atom is -0.464 e. The van der Waals surface area contributed by atoms with Crippen LogP contribution in [-0.4, -0.2) is 132 Å². The molecule has 0 saturated carbocycles. The molecule has 1 saturated heterocycles. The molecule has 75 heavy (non-hydrogen) atoms. The van der Waals surface area contributed by atoms with E-state index in [0.717, 1.165) is 110 Å². The van der Waals surface area contributed by atoms with Gasteiger partial charge in [0.25, 0.3) is 0 Å². The smallest absolute Gasteiger partial charge is 0.306 e. The van der Waals surface area contributed by atoms with Crippen molar-refractivity contribution in [1.82, 2.24) is 9.80 Å². The molecule has 0 spiro atoms. The second-order valence-electron chi connectivity index (χ2n) is 21.2. The van der Waals surface area contributed by atoms with Crippen LogP contribution in [0.25, 0.3) is 0 Å². The van der Waals surface area contributed by atoms with Crippen molar-refractivity contribution >= 4 is 17.9 Å². The Morgan fingerprint density at radius 2 is 0.920 bits per heavy atom. The van der Waals surface area contributed by atoms with Gasteiger partial charge in [-0.1, -0.05) is 152 Å². The molecule has 1 aliphatic heterocycles. The summed E-state index contributed by atoms with van der Waals surface area (Å²) in [4.78, 5) is 44.4. The van der Waals surface area contributed by atoms with Gasteiger partial charge < -0.3 is 42.8 Å². The van der Waals surface area contributed by atoms with E-state index in [2.05, 4.69) is 51.3 Å². The van der Waals surface area contributed by atoms with Gasteiger partial charge in [0.15, 0.2) is 12.6 Å². The summed E-state index contributed by atoms with van der Waals surface area (Å²) in [6, 6.07) is -0.398. The predicted octanol–water partition coefficient (Wildman–Crippen LogP) is 15.5. The summed E-state index contributed by atoms with van der Waals surface area (Å²) in [5.41, 5.74) is 0. The van der Waals surface area contributed by atoms with E-state index in [9.17, 15) is 14.4 Å². The average molecular weight is 1070 g/mol. The molecule has 0 aromatic carbocycles. The summed E-state index contributed by atoms with van der Waals surface area (Å²) in [7, 11) is 0. The lowest BCUT2D eigenvalue weighted by Crippen LogP contribution is -2.45. The third kappa shape index (κ3) is 45.7. The van der Waals surface area contributed by atoms with Crippen LogP contribution < -0.4 is 0 Å². The Labute approximate surface area is 462 Å². The zero-order chi connectivity index (χ0) is 53.8. The Kier molecular flexibility index (Phi) is 54.1. The third-order valence-electron chi connectivity index (χ3n) is 14.0. The van der Waals surface area contributed by atoms with Crippen molar-refractivity contribution < 1.29 is 52.3 Å². The normalized spacial score (nSPS) is 14.2. The van der Waals surface area contributed by atoms with E-state index in [-0.39, 0.29) is 70.4 Å². The number of unbranched alkanes of at least 4 members (excludes halogenated alkanes) is 16. The molecule has 13 nitrogen and oxygen atoms in total. The van der Waals surface area contributed by atoms with E-state index in [1.807, 2.05) is 0 Å². The number of ether oxygens (including phenoxy) is 8. The molecule has 0 aromatic rings. The topological polar surface area (TPSA) is 132 Å². The largest absolute Gasteiger partial charge is 0.464 e. The summed E-state index contributed by atoms with van der Waals surface area (Å²) >= 11 is 0. The highest BCUT2D eigenvalue weighted by atomic mass is 16.7. The molecular weight excluding hydrogens is 949 g/mol. The maximum absolute atomic E-state index is 13.4. The van der Waals surface area contributed by atoms with Crippen molar-refractivity contribution in [2.24, 2.45) is 0 Å². The van der Waals surface area contributed by atoms with Crippen molar-refractivity contribution in [3.8, 4) is 0 Å². The standard InChI is InChI=1S/C61H118N2O11.CH4/c1-7-13-17-20-22-32-50-70-61(71-51-33-23-21-18-14-8-2)42-29-27-39-58(65)73-53-55(52-72-57(64)38-26-28-41-60(68-47-12-6)69-49-16-10-4)63(46-35-45-62-43-30-24-31-44-62)54-67-48-34-40-59(66)74-56(36-11-5)37-25-19-15-9-3;/h55-56,60-61H,7-54H2,1-6H3;1H4. The fourth-order valence-corrected chi connectivity index (χ4v) is 9.34. The lowest BCUT2D eigenvalue weighted by atomic mass is 10.1. The monoisotopic (exact) mass is 1070 g/mol. The van der Waals surface area contributed by atoms with Gasteiger partial charge in [-0.05, 0) is 129 Å². The zero-order valence-corrected chi connectivity index (χ0v) is 49.1. The Morgan fingerprint density at radius 1 is 0.440 bits per heavy atom. The Bertz CT molecular complexity index is 1220. The fraction of sp³-hybridized carbons (Fsp3) is 0.952. The van der Waals surface area contributed by atoms with Crippen LogP contribution in [0.1, 0.15) is 280 Å². The maximum atomic E-state index is 13.4. The molecule has 0 amide bonds. The van der Waals surface area contributed by atoms with Crippen molar-refractivity contribution in [2.75, 3.05) is 79.2 Å². The number of nitrogens with zero attached hydrogens (tertiary/aromatic N) is 2. The minimum absolute atomic E-state index is 0. The molecule has 0 aromatic heterocycles. The van der Waals surface area contributed by atoms with Crippen LogP contribution in [0.15, 0.2) is 0 Å². The molecule has 3 unspecified atom stereocenters. The van der Waals surface area contributed by atoms with Crippen LogP contribution in [0, 0.1) is 0 Å². The van der Waals surface area contributed by atoms with Gasteiger partial charge in [-0.2, -0.15) is 0 Å². The van der Waals surface area contributed by atoms with E-state index < -0.39 is 6.04 Å². The van der Waals surface area contributed by atoms with Gasteiger partial charge in [-0.3, -0.25) is 19.3 Å². The average Bonchev–Trinajstić information content (AvgIpc) is 3.40. The Hall–Kier alpha value is -1.87. The molecule has 3 atom stereocenters. The van der Waals surface area contributed by atoms with Gasteiger partial charge in [0.2, 0.25) is 0 Å². The van der Waals surface area contributed by atoms with Crippen LogP contribution in [0.5, 0.6) is 0 Å². The highest BCUT2D eigenvalue weighted by Gasteiger charge is 2.24. The van der Waals surface area contributed by atoms with Crippen LogP contribution in [0.4, 0.5) is 0 Å². The minimum atomic E-state index is -0.398. The third-order valence-corrected chi connectivity index (χ3v) is 14.0. The van der Waals surface area contributed by atoms with E-state index in [4.69, 9.17) is 37.9 Å². The number of esters is 3. The summed E-state index contributed by atoms with van der Waals surface area (Å²) in [5, 5.41) is 0. The second kappa shape index (κ2) is 55.4. The number of hydrogen-bond acceptors (Lipinski definition) is 13. The van der Waals surface area contributed by atoms with E-state index in [0.29, 0.717) is 71.7 Å². The predicted molar refractivity (Wildman–Crippen MR) is 308 cm³/mol. The van der Waals surface area contributed by atoms with Gasteiger partial charge >= 0.3 is 17.9 Å². The summed E-state index contributed by atoms with van der Waals surface area (Å²) in [6.45, 7) is 20.5. The highest BCUT2D eigenvalue weighted by molar-refractivity contribution is 5.70. The van der Waals surface area contributed by atoms with Crippen LogP contribution in [-0.2, 0) is 52.3 Å². The first-order chi connectivity index (χ1) is 36.3. The quantitative estimate of drug-likeness (QED) is 0.0248. The highest BCUT2D eigenvalue weighted by Crippen LogP contribution is 2.18. The van der Waals surface area contributed by atoms with Gasteiger partial charge in [0.1, 0.15) is 19.3 Å². The molecular formula is C62H122N2O11. The molecule has 0 aliphatic carbocycles. The number of carbonyl (C=O) groups excluding carboxylic acids is 3. The first-order valence-corrected chi connectivity index (χ1v) is 31.3. The number of piperidine rings is 1. The van der Waals surface area contributed by atoms with E-state index in [1.54, 1.807) is 0 Å². The Balaban J connectivity index is 0.0000548. The second-order valence-corrected chi connectivity index (χ2v) is 21.2. The molecule has 1 aliphatic rings. The molecule has 0 radical (unpaired) electrons. The van der Waals surface area contributed by atoms with Crippen LogP contribution >= 0.6 is 0 Å². The van der Waals surface area contributed by atoms with Crippen molar-refractivity contribution in [3.05, 3.63) is 0 Å². The van der Waals surface area contributed by atoms with Crippen LogP contribution in [0.3, 0.4) is 0 Å². The molecule has 0 N–H and O–H groups in total. The molecule has 1 rings (SSSR count). The molecule has 1 fully saturated rings. The first-order valence-electron chi connectivity index (χ1n) is 31.3. The van der Waals surface area contributed by atoms with Crippen molar-refractivity contribution in [3.63, 3.8) is 0 Å². The van der Waals surface area contributed by atoms with Gasteiger partial charge in [-0.25, -0.2) is 0 Å². The SMILES string of the molecule is C.CCCCCCCCOC(CCCCC(=O)OCC(COC(=O)CCCCC(OCCC)OCCCC)N(CCCN1CCCCC1)COCCCC(=O)OC(CCC)CCCCCC)OCCCCCCCC. The van der Waals surface area contributed by atoms with Gasteiger partial charge in [0.05, 0.1) is 12.8 Å². The summed E-state index contributed by atoms with van der Waals surface area (Å²) in [5.74, 6) is -0.701. The zero-order valence-electron chi connectivity index (χ0n) is 49.1. The fourth-order valence-electron chi connectivity index (χ4n) is 9.34. The maximum Gasteiger partial charge on any atom is 0.306 e. The molecule has 13 heteroatoms. The molecule has 0 bridgehead atoms. The Morgan fingerprint density at radius 3 is 1.45 bits per heavy atom. The molecule has 446 valence electrons.